The zero-order valence-electron chi connectivity index (χ0n) is 24.3. The van der Waals surface area contributed by atoms with E-state index in [9.17, 15) is 9.59 Å². The standard InChI is InChI=1S/C34H43NO4/c1-23(2)8-7-9-32(39-30-17-14-28(15-18-30)34(37)35-21-20-33(36)38-6)29-16-19-31(25(5)22-29)27-12-10-26(11-13-27)24(3)4/h10-19,22-24,32H,7-9,20-21H2,1-6H3,(H,35,37). The van der Waals surface area contributed by atoms with E-state index < -0.39 is 0 Å². The van der Waals surface area contributed by atoms with Gasteiger partial charge in [0, 0.05) is 12.1 Å². The number of rotatable bonds is 13. The number of carbonyl (C=O) groups excluding carboxylic acids is 2. The van der Waals surface area contributed by atoms with Crippen LogP contribution in [0.15, 0.2) is 66.7 Å². The molecule has 0 saturated carbocycles. The first kappa shape index (κ1) is 29.9. The monoisotopic (exact) mass is 529 g/mol. The molecule has 0 aliphatic heterocycles. The Balaban J connectivity index is 1.74. The molecule has 0 aliphatic carbocycles. The second-order valence-electron chi connectivity index (χ2n) is 10.9. The van der Waals surface area contributed by atoms with E-state index in [1.807, 2.05) is 12.1 Å². The van der Waals surface area contributed by atoms with Crippen LogP contribution in [0.5, 0.6) is 5.75 Å². The summed E-state index contributed by atoms with van der Waals surface area (Å²) in [7, 11) is 1.33. The highest BCUT2D eigenvalue weighted by molar-refractivity contribution is 5.94. The van der Waals surface area contributed by atoms with Gasteiger partial charge in [0.25, 0.3) is 5.91 Å². The molecular formula is C34H43NO4. The van der Waals surface area contributed by atoms with Crippen molar-refractivity contribution in [3.63, 3.8) is 0 Å². The van der Waals surface area contributed by atoms with Gasteiger partial charge >= 0.3 is 5.97 Å². The first-order valence-corrected chi connectivity index (χ1v) is 14.0. The van der Waals surface area contributed by atoms with E-state index in [1.54, 1.807) is 12.1 Å². The van der Waals surface area contributed by atoms with Crippen LogP contribution in [0.2, 0.25) is 0 Å². The molecule has 5 heteroatoms. The number of aryl methyl sites for hydroxylation is 1. The third kappa shape index (κ3) is 8.98. The fraction of sp³-hybridized carbons (Fsp3) is 0.412. The van der Waals surface area contributed by atoms with E-state index in [4.69, 9.17) is 4.74 Å². The minimum Gasteiger partial charge on any atom is -0.486 e. The normalized spacial score (nSPS) is 11.9. The lowest BCUT2D eigenvalue weighted by molar-refractivity contribution is -0.140. The molecule has 3 aromatic rings. The van der Waals surface area contributed by atoms with Crippen molar-refractivity contribution in [2.45, 2.75) is 72.3 Å². The highest BCUT2D eigenvalue weighted by atomic mass is 16.5. The first-order chi connectivity index (χ1) is 18.7. The molecule has 1 amide bonds. The average Bonchev–Trinajstić information content (AvgIpc) is 2.92. The maximum atomic E-state index is 12.4. The van der Waals surface area contributed by atoms with Crippen LogP contribution < -0.4 is 10.1 Å². The summed E-state index contributed by atoms with van der Waals surface area (Å²) in [6.45, 7) is 11.3. The van der Waals surface area contributed by atoms with Crippen molar-refractivity contribution in [3.8, 4) is 16.9 Å². The van der Waals surface area contributed by atoms with Crippen LogP contribution in [0.3, 0.4) is 0 Å². The summed E-state index contributed by atoms with van der Waals surface area (Å²) in [6, 6.07) is 22.7. The van der Waals surface area contributed by atoms with Gasteiger partial charge in [0.2, 0.25) is 0 Å². The number of benzene rings is 3. The molecule has 3 aromatic carbocycles. The predicted octanol–water partition coefficient (Wildman–Crippen LogP) is 8.02. The number of hydrogen-bond donors (Lipinski definition) is 1. The number of esters is 1. The largest absolute Gasteiger partial charge is 0.486 e. The average molecular weight is 530 g/mol. The van der Waals surface area contributed by atoms with Crippen molar-refractivity contribution in [2.24, 2.45) is 5.92 Å². The molecule has 208 valence electrons. The summed E-state index contributed by atoms with van der Waals surface area (Å²) in [6.07, 6.45) is 3.18. The van der Waals surface area contributed by atoms with E-state index in [2.05, 4.69) is 87.1 Å². The number of hydrogen-bond acceptors (Lipinski definition) is 4. The molecule has 0 bridgehead atoms. The molecule has 0 heterocycles. The van der Waals surface area contributed by atoms with E-state index in [-0.39, 0.29) is 30.9 Å². The van der Waals surface area contributed by atoms with Crippen molar-refractivity contribution in [1.29, 1.82) is 0 Å². The van der Waals surface area contributed by atoms with E-state index >= 15 is 0 Å². The molecular weight excluding hydrogens is 486 g/mol. The number of amides is 1. The quantitative estimate of drug-likeness (QED) is 0.228. The lowest BCUT2D eigenvalue weighted by Gasteiger charge is -2.22. The summed E-state index contributed by atoms with van der Waals surface area (Å²) in [4.78, 5) is 23.7. The van der Waals surface area contributed by atoms with Gasteiger partial charge in [-0.3, -0.25) is 9.59 Å². The van der Waals surface area contributed by atoms with E-state index in [0.29, 0.717) is 17.4 Å². The first-order valence-electron chi connectivity index (χ1n) is 14.0. The molecule has 1 N–H and O–H groups in total. The zero-order chi connectivity index (χ0) is 28.4. The Morgan fingerprint density at radius 2 is 1.51 bits per heavy atom. The minimum absolute atomic E-state index is 0.0838. The molecule has 0 fully saturated rings. The van der Waals surface area contributed by atoms with Crippen LogP contribution in [-0.2, 0) is 9.53 Å². The van der Waals surface area contributed by atoms with Crippen LogP contribution in [0, 0.1) is 12.8 Å². The van der Waals surface area contributed by atoms with E-state index in [1.165, 1.54) is 29.4 Å². The lowest BCUT2D eigenvalue weighted by Crippen LogP contribution is -2.26. The Labute approximate surface area is 233 Å². The molecule has 0 aliphatic rings. The maximum Gasteiger partial charge on any atom is 0.307 e. The SMILES string of the molecule is COC(=O)CCNC(=O)c1ccc(OC(CCCC(C)C)c2ccc(-c3ccc(C(C)C)cc3)c(C)c2)cc1. The summed E-state index contributed by atoms with van der Waals surface area (Å²) >= 11 is 0. The molecule has 5 nitrogen and oxygen atoms in total. The number of methoxy groups -OCH3 is 1. The summed E-state index contributed by atoms with van der Waals surface area (Å²) in [5.74, 6) is 1.30. The van der Waals surface area contributed by atoms with Crippen molar-refractivity contribution in [3.05, 3.63) is 89.0 Å². The van der Waals surface area contributed by atoms with Gasteiger partial charge in [-0.05, 0) is 83.7 Å². The lowest BCUT2D eigenvalue weighted by atomic mass is 9.93. The number of ether oxygens (including phenoxy) is 2. The molecule has 39 heavy (non-hydrogen) atoms. The Morgan fingerprint density at radius 3 is 2.10 bits per heavy atom. The van der Waals surface area contributed by atoms with E-state index in [0.717, 1.165) is 30.6 Å². The fourth-order valence-electron chi connectivity index (χ4n) is 4.60. The molecule has 1 unspecified atom stereocenters. The highest BCUT2D eigenvalue weighted by Gasteiger charge is 2.17. The van der Waals surface area contributed by atoms with Crippen LogP contribution >= 0.6 is 0 Å². The molecule has 1 atom stereocenters. The third-order valence-electron chi connectivity index (χ3n) is 7.00. The second kappa shape index (κ2) is 14.5. The van der Waals surface area contributed by atoms with Gasteiger partial charge in [-0.15, -0.1) is 0 Å². The smallest absolute Gasteiger partial charge is 0.307 e. The Hall–Kier alpha value is -3.60. The predicted molar refractivity (Wildman–Crippen MR) is 158 cm³/mol. The molecule has 3 rings (SSSR count). The summed E-state index contributed by atoms with van der Waals surface area (Å²) in [5.41, 5.74) is 6.70. The summed E-state index contributed by atoms with van der Waals surface area (Å²) in [5, 5.41) is 2.74. The van der Waals surface area contributed by atoms with Crippen LogP contribution in [-0.4, -0.2) is 25.5 Å². The third-order valence-corrected chi connectivity index (χ3v) is 7.00. The van der Waals surface area contributed by atoms with Gasteiger partial charge in [-0.1, -0.05) is 76.6 Å². The van der Waals surface area contributed by atoms with Crippen LogP contribution in [0.25, 0.3) is 11.1 Å². The number of carbonyl (C=O) groups is 2. The van der Waals surface area contributed by atoms with Crippen molar-refractivity contribution >= 4 is 11.9 Å². The molecule has 0 aromatic heterocycles. The Bertz CT molecular complexity index is 1210. The van der Waals surface area contributed by atoms with Gasteiger partial charge in [0.05, 0.1) is 13.5 Å². The highest BCUT2D eigenvalue weighted by Crippen LogP contribution is 2.32. The van der Waals surface area contributed by atoms with Crippen molar-refractivity contribution < 1.29 is 19.1 Å². The van der Waals surface area contributed by atoms with Gasteiger partial charge < -0.3 is 14.8 Å². The van der Waals surface area contributed by atoms with Gasteiger partial charge in [-0.25, -0.2) is 0 Å². The molecule has 0 spiro atoms. The second-order valence-corrected chi connectivity index (χ2v) is 10.9. The van der Waals surface area contributed by atoms with Crippen LogP contribution in [0.1, 0.15) is 92.4 Å². The molecule has 0 saturated heterocycles. The van der Waals surface area contributed by atoms with Crippen molar-refractivity contribution in [1.82, 2.24) is 5.32 Å². The number of nitrogens with one attached hydrogen (secondary N) is 1. The van der Waals surface area contributed by atoms with Crippen molar-refractivity contribution in [2.75, 3.05) is 13.7 Å². The minimum atomic E-state index is -0.352. The molecule has 0 radical (unpaired) electrons. The van der Waals surface area contributed by atoms with Gasteiger partial charge in [0.1, 0.15) is 11.9 Å². The fourth-order valence-corrected chi connectivity index (χ4v) is 4.60. The Morgan fingerprint density at radius 1 is 0.846 bits per heavy atom. The zero-order valence-corrected chi connectivity index (χ0v) is 24.3. The summed E-state index contributed by atoms with van der Waals surface area (Å²) < 4.78 is 11.1. The maximum absolute atomic E-state index is 12.4. The van der Waals surface area contributed by atoms with Gasteiger partial charge in [-0.2, -0.15) is 0 Å². The van der Waals surface area contributed by atoms with Crippen LogP contribution in [0.4, 0.5) is 0 Å². The van der Waals surface area contributed by atoms with Gasteiger partial charge in [0.15, 0.2) is 0 Å². The topological polar surface area (TPSA) is 64.6 Å². The Kier molecular flexibility index (Phi) is 11.2.